The predicted molar refractivity (Wildman–Crippen MR) is 119 cm³/mol. The Balaban J connectivity index is 1.66. The number of nitrogens with two attached hydrogens (primary N) is 1. The summed E-state index contributed by atoms with van der Waals surface area (Å²) < 4.78 is 22.6. The largest absolute Gasteiger partial charge is 0.493 e. The van der Waals surface area contributed by atoms with Gasteiger partial charge in [-0.15, -0.1) is 0 Å². The lowest BCUT2D eigenvalue weighted by molar-refractivity contribution is 0.324. The second kappa shape index (κ2) is 7.24. The van der Waals surface area contributed by atoms with Crippen LogP contribution in [0.1, 0.15) is 0 Å². The summed E-state index contributed by atoms with van der Waals surface area (Å²) in [6.45, 7) is 0. The van der Waals surface area contributed by atoms with Crippen LogP contribution in [0.2, 0.25) is 0 Å². The number of aromatic nitrogens is 3. The first-order chi connectivity index (χ1) is 15.1. The van der Waals surface area contributed by atoms with Gasteiger partial charge in [0.1, 0.15) is 11.3 Å². The molecule has 0 amide bonds. The predicted octanol–water partition coefficient (Wildman–Crippen LogP) is 4.65. The molecular weight excluding hydrogens is 396 g/mol. The molecule has 3 heterocycles. The van der Waals surface area contributed by atoms with Crippen molar-refractivity contribution in [2.45, 2.75) is 0 Å². The zero-order chi connectivity index (χ0) is 21.5. The van der Waals surface area contributed by atoms with Gasteiger partial charge >= 0.3 is 0 Å². The van der Waals surface area contributed by atoms with Crippen LogP contribution in [0.3, 0.4) is 0 Å². The summed E-state index contributed by atoms with van der Waals surface area (Å²) in [7, 11) is 4.73. The number of aromatic amines is 1. The van der Waals surface area contributed by atoms with E-state index in [9.17, 15) is 0 Å². The normalized spacial score (nSPS) is 11.2. The van der Waals surface area contributed by atoms with Gasteiger partial charge in [-0.3, -0.25) is 4.98 Å². The number of nitrogen functional groups attached to an aromatic ring is 1. The number of imidazole rings is 1. The number of fused-ring (bicyclic) bond motifs is 2. The highest BCUT2D eigenvalue weighted by molar-refractivity contribution is 5.95. The van der Waals surface area contributed by atoms with Crippen LogP contribution >= 0.6 is 0 Å². The molecule has 0 saturated heterocycles. The minimum absolute atomic E-state index is 0.384. The standard InChI is InChI=1S/C23H20N4O4/c1-28-19-9-13(10-20(29-2)22(19)30-3)18-11-17-21(31-18)14(6-7-25-17)12-4-5-15-16(8-12)27-23(24)26-15/h4-11H,1-3H3,(H3,24,26,27). The van der Waals surface area contributed by atoms with Gasteiger partial charge in [0.2, 0.25) is 5.75 Å². The van der Waals surface area contributed by atoms with Crippen molar-refractivity contribution >= 4 is 28.1 Å². The molecule has 0 fully saturated rings. The van der Waals surface area contributed by atoms with E-state index >= 15 is 0 Å². The number of hydrogen-bond donors (Lipinski definition) is 2. The molecule has 31 heavy (non-hydrogen) atoms. The van der Waals surface area contributed by atoms with Crippen molar-refractivity contribution in [1.82, 2.24) is 15.0 Å². The molecule has 2 aromatic carbocycles. The molecule has 156 valence electrons. The lowest BCUT2D eigenvalue weighted by Gasteiger charge is -2.13. The Bertz CT molecular complexity index is 1400. The van der Waals surface area contributed by atoms with Crippen molar-refractivity contribution < 1.29 is 18.6 Å². The third-order valence-corrected chi connectivity index (χ3v) is 5.17. The molecule has 8 heteroatoms. The second-order valence-corrected chi connectivity index (χ2v) is 6.95. The van der Waals surface area contributed by atoms with Gasteiger partial charge in [0.05, 0.1) is 32.4 Å². The van der Waals surface area contributed by atoms with Crippen LogP contribution < -0.4 is 19.9 Å². The molecular formula is C23H20N4O4. The number of anilines is 1. The number of nitrogens with one attached hydrogen (secondary N) is 1. The first kappa shape index (κ1) is 18.8. The fraction of sp³-hybridized carbons (Fsp3) is 0.130. The highest BCUT2D eigenvalue weighted by Crippen LogP contribution is 2.43. The van der Waals surface area contributed by atoms with E-state index in [-0.39, 0.29) is 0 Å². The lowest BCUT2D eigenvalue weighted by atomic mass is 10.1. The summed E-state index contributed by atoms with van der Waals surface area (Å²) in [4.78, 5) is 11.8. The van der Waals surface area contributed by atoms with E-state index in [2.05, 4.69) is 15.0 Å². The van der Waals surface area contributed by atoms with Crippen LogP contribution in [0.25, 0.3) is 44.6 Å². The van der Waals surface area contributed by atoms with Crippen molar-refractivity contribution in [3.63, 3.8) is 0 Å². The maximum absolute atomic E-state index is 6.26. The summed E-state index contributed by atoms with van der Waals surface area (Å²) in [5, 5.41) is 0. The Kier molecular flexibility index (Phi) is 4.39. The Hall–Kier alpha value is -4.20. The van der Waals surface area contributed by atoms with Crippen molar-refractivity contribution in [1.29, 1.82) is 0 Å². The number of rotatable bonds is 5. The summed E-state index contributed by atoms with van der Waals surface area (Å²) in [6.07, 6.45) is 1.76. The Labute approximate surface area is 177 Å². The van der Waals surface area contributed by atoms with E-state index in [4.69, 9.17) is 24.4 Å². The molecule has 0 spiro atoms. The van der Waals surface area contributed by atoms with Gasteiger partial charge in [-0.1, -0.05) is 6.07 Å². The van der Waals surface area contributed by atoms with E-state index in [1.165, 1.54) is 0 Å². The Morgan fingerprint density at radius 1 is 0.871 bits per heavy atom. The van der Waals surface area contributed by atoms with E-state index in [1.54, 1.807) is 27.5 Å². The van der Waals surface area contributed by atoms with Crippen molar-refractivity contribution in [2.24, 2.45) is 0 Å². The average Bonchev–Trinajstić information content (AvgIpc) is 3.39. The summed E-state index contributed by atoms with van der Waals surface area (Å²) >= 11 is 0. The van der Waals surface area contributed by atoms with Crippen LogP contribution in [0.15, 0.2) is 53.1 Å². The first-order valence-corrected chi connectivity index (χ1v) is 9.56. The number of nitrogens with zero attached hydrogens (tertiary/aromatic N) is 2. The van der Waals surface area contributed by atoms with Gasteiger partial charge in [0, 0.05) is 23.4 Å². The van der Waals surface area contributed by atoms with Gasteiger partial charge in [-0.25, -0.2) is 4.98 Å². The Morgan fingerprint density at radius 3 is 2.35 bits per heavy atom. The van der Waals surface area contributed by atoms with Crippen molar-refractivity contribution in [2.75, 3.05) is 27.1 Å². The molecule has 0 aliphatic carbocycles. The van der Waals surface area contributed by atoms with Crippen LogP contribution in [-0.2, 0) is 0 Å². The fourth-order valence-corrected chi connectivity index (χ4v) is 3.73. The van der Waals surface area contributed by atoms with E-state index in [0.717, 1.165) is 33.2 Å². The fourth-order valence-electron chi connectivity index (χ4n) is 3.73. The maximum Gasteiger partial charge on any atom is 0.203 e. The Morgan fingerprint density at radius 2 is 1.65 bits per heavy atom. The highest BCUT2D eigenvalue weighted by atomic mass is 16.5. The number of benzene rings is 2. The summed E-state index contributed by atoms with van der Waals surface area (Å²) in [5.41, 5.74) is 11.5. The zero-order valence-electron chi connectivity index (χ0n) is 17.2. The highest BCUT2D eigenvalue weighted by Gasteiger charge is 2.18. The minimum atomic E-state index is 0.384. The number of H-pyrrole nitrogens is 1. The number of methoxy groups -OCH3 is 3. The summed E-state index contributed by atoms with van der Waals surface area (Å²) in [5.74, 6) is 2.65. The van der Waals surface area contributed by atoms with E-state index < -0.39 is 0 Å². The summed E-state index contributed by atoms with van der Waals surface area (Å²) in [6, 6.07) is 13.4. The molecule has 5 rings (SSSR count). The van der Waals surface area contributed by atoms with Crippen LogP contribution in [0.4, 0.5) is 5.95 Å². The molecule has 3 N–H and O–H groups in total. The number of furan rings is 1. The third-order valence-electron chi connectivity index (χ3n) is 5.17. The van der Waals surface area contributed by atoms with Crippen molar-refractivity contribution in [3.8, 4) is 39.7 Å². The molecule has 5 aromatic rings. The van der Waals surface area contributed by atoms with E-state index in [1.807, 2.05) is 42.5 Å². The lowest BCUT2D eigenvalue weighted by Crippen LogP contribution is -1.95. The van der Waals surface area contributed by atoms with Crippen LogP contribution in [-0.4, -0.2) is 36.3 Å². The minimum Gasteiger partial charge on any atom is -0.493 e. The molecule has 8 nitrogen and oxygen atoms in total. The quantitative estimate of drug-likeness (QED) is 0.429. The molecule has 0 aliphatic rings. The van der Waals surface area contributed by atoms with Gasteiger partial charge in [-0.2, -0.15) is 0 Å². The van der Waals surface area contributed by atoms with Gasteiger partial charge in [0.15, 0.2) is 23.0 Å². The second-order valence-electron chi connectivity index (χ2n) is 6.95. The molecule has 0 unspecified atom stereocenters. The van der Waals surface area contributed by atoms with Crippen molar-refractivity contribution in [3.05, 3.63) is 48.7 Å². The molecule has 3 aromatic heterocycles. The monoisotopic (exact) mass is 416 g/mol. The number of pyridine rings is 1. The van der Waals surface area contributed by atoms with Crippen LogP contribution in [0, 0.1) is 0 Å². The van der Waals surface area contributed by atoms with Gasteiger partial charge in [-0.05, 0) is 35.9 Å². The first-order valence-electron chi connectivity index (χ1n) is 9.56. The molecule has 0 saturated carbocycles. The molecule has 0 radical (unpaired) electrons. The SMILES string of the molecule is COc1cc(-c2cc3nccc(-c4ccc5nc(N)[nH]c5c4)c3o2)cc(OC)c1OC. The van der Waals surface area contributed by atoms with E-state index in [0.29, 0.717) is 34.5 Å². The van der Waals surface area contributed by atoms with Crippen LogP contribution in [0.5, 0.6) is 17.2 Å². The third kappa shape index (κ3) is 3.09. The van der Waals surface area contributed by atoms with Gasteiger partial charge in [0.25, 0.3) is 0 Å². The van der Waals surface area contributed by atoms with Gasteiger partial charge < -0.3 is 29.3 Å². The molecule has 0 bridgehead atoms. The number of hydrogen-bond acceptors (Lipinski definition) is 7. The topological polar surface area (TPSA) is 108 Å². The average molecular weight is 416 g/mol. The molecule has 0 aliphatic heterocycles. The smallest absolute Gasteiger partial charge is 0.203 e. The number of ether oxygens (including phenoxy) is 3. The molecule has 0 atom stereocenters. The zero-order valence-corrected chi connectivity index (χ0v) is 17.2. The maximum atomic E-state index is 6.26.